The van der Waals surface area contributed by atoms with E-state index in [-0.39, 0.29) is 12.0 Å². The van der Waals surface area contributed by atoms with Gasteiger partial charge in [0, 0.05) is 26.2 Å². The molecule has 0 aliphatic heterocycles. The second-order valence-electron chi connectivity index (χ2n) is 4.30. The Kier molecular flexibility index (Phi) is 11.0. The molecule has 1 amide bonds. The number of hydrogen-bond acceptors (Lipinski definition) is 4. The molecule has 0 saturated carbocycles. The molecule has 5 heteroatoms. The van der Waals surface area contributed by atoms with Crippen molar-refractivity contribution >= 4 is 5.91 Å². The molecule has 0 saturated heterocycles. The van der Waals surface area contributed by atoms with E-state index in [1.165, 1.54) is 0 Å². The molecule has 3 N–H and O–H groups in total. The van der Waals surface area contributed by atoms with Crippen molar-refractivity contribution in [1.82, 2.24) is 10.2 Å². The van der Waals surface area contributed by atoms with Gasteiger partial charge in [0.25, 0.3) is 0 Å². The van der Waals surface area contributed by atoms with Crippen LogP contribution in [0, 0.1) is 0 Å². The van der Waals surface area contributed by atoms with Crippen LogP contribution < -0.4 is 11.1 Å². The number of nitrogens with one attached hydrogen (secondary N) is 1. The van der Waals surface area contributed by atoms with E-state index in [1.807, 2.05) is 6.92 Å². The number of likely N-dealkylation sites (N-methyl/N-ethyl adjacent to an activating group) is 1. The van der Waals surface area contributed by atoms with Crippen LogP contribution in [0.1, 0.15) is 33.6 Å². The molecular weight excluding hydrogens is 230 g/mol. The Morgan fingerprint density at radius 1 is 1.33 bits per heavy atom. The summed E-state index contributed by atoms with van der Waals surface area (Å²) < 4.78 is 5.35. The highest BCUT2D eigenvalue weighted by Gasteiger charge is 2.12. The van der Waals surface area contributed by atoms with Gasteiger partial charge in [-0.1, -0.05) is 13.8 Å². The van der Waals surface area contributed by atoms with E-state index in [1.54, 1.807) is 0 Å². The zero-order chi connectivity index (χ0) is 13.8. The fraction of sp³-hybridized carbons (Fsp3) is 0.923. The molecule has 0 rings (SSSR count). The molecule has 0 aromatic heterocycles. The first kappa shape index (κ1) is 17.4. The standard InChI is InChI=1S/C13H29N3O2/c1-4-8-16(5-2)9-7-15-13(17)10-12(11-14)18-6-3/h12H,4-11,14H2,1-3H3,(H,15,17). The van der Waals surface area contributed by atoms with Crippen molar-refractivity contribution in [2.24, 2.45) is 5.73 Å². The minimum atomic E-state index is -0.159. The predicted molar refractivity (Wildman–Crippen MR) is 74.5 cm³/mol. The largest absolute Gasteiger partial charge is 0.377 e. The third kappa shape index (κ3) is 8.44. The van der Waals surface area contributed by atoms with Crippen molar-refractivity contribution in [3.05, 3.63) is 0 Å². The van der Waals surface area contributed by atoms with Gasteiger partial charge in [-0.2, -0.15) is 0 Å². The van der Waals surface area contributed by atoms with Crippen LogP contribution in [-0.4, -0.2) is 56.2 Å². The summed E-state index contributed by atoms with van der Waals surface area (Å²) in [7, 11) is 0. The topological polar surface area (TPSA) is 67.6 Å². The van der Waals surface area contributed by atoms with Gasteiger partial charge in [-0.25, -0.2) is 0 Å². The lowest BCUT2D eigenvalue weighted by molar-refractivity contribution is -0.123. The van der Waals surface area contributed by atoms with Crippen molar-refractivity contribution in [1.29, 1.82) is 0 Å². The van der Waals surface area contributed by atoms with Crippen LogP contribution in [0.25, 0.3) is 0 Å². The number of carbonyl (C=O) groups is 1. The zero-order valence-electron chi connectivity index (χ0n) is 12.1. The Morgan fingerprint density at radius 2 is 2.06 bits per heavy atom. The van der Waals surface area contributed by atoms with E-state index in [9.17, 15) is 4.79 Å². The Balaban J connectivity index is 3.74. The summed E-state index contributed by atoms with van der Waals surface area (Å²) >= 11 is 0. The van der Waals surface area contributed by atoms with Gasteiger partial charge in [0.05, 0.1) is 12.5 Å². The number of rotatable bonds is 11. The molecule has 18 heavy (non-hydrogen) atoms. The summed E-state index contributed by atoms with van der Waals surface area (Å²) in [6.45, 7) is 10.9. The summed E-state index contributed by atoms with van der Waals surface area (Å²) in [6, 6.07) is 0. The summed E-state index contributed by atoms with van der Waals surface area (Å²) in [5.41, 5.74) is 5.53. The first-order valence-electron chi connectivity index (χ1n) is 6.98. The minimum Gasteiger partial charge on any atom is -0.377 e. The molecule has 0 aliphatic rings. The predicted octanol–water partition coefficient (Wildman–Crippen LogP) is 0.588. The van der Waals surface area contributed by atoms with Crippen molar-refractivity contribution in [2.75, 3.05) is 39.3 Å². The molecule has 0 heterocycles. The molecule has 1 atom stereocenters. The van der Waals surface area contributed by atoms with Crippen LogP contribution in [0.4, 0.5) is 0 Å². The van der Waals surface area contributed by atoms with Gasteiger partial charge in [-0.15, -0.1) is 0 Å². The molecule has 0 bridgehead atoms. The highest BCUT2D eigenvalue weighted by molar-refractivity contribution is 5.76. The second-order valence-corrected chi connectivity index (χ2v) is 4.30. The molecule has 1 unspecified atom stereocenters. The molecule has 5 nitrogen and oxygen atoms in total. The number of hydrogen-bond donors (Lipinski definition) is 2. The highest BCUT2D eigenvalue weighted by atomic mass is 16.5. The number of carbonyl (C=O) groups excluding carboxylic acids is 1. The van der Waals surface area contributed by atoms with Gasteiger partial charge < -0.3 is 20.7 Å². The Hall–Kier alpha value is -0.650. The first-order valence-corrected chi connectivity index (χ1v) is 6.98. The van der Waals surface area contributed by atoms with E-state index < -0.39 is 0 Å². The lowest BCUT2D eigenvalue weighted by Gasteiger charge is -2.20. The third-order valence-corrected chi connectivity index (χ3v) is 2.82. The molecule has 0 spiro atoms. The van der Waals surface area contributed by atoms with Gasteiger partial charge in [-0.05, 0) is 26.4 Å². The monoisotopic (exact) mass is 259 g/mol. The molecule has 0 radical (unpaired) electrons. The number of ether oxygens (including phenoxy) is 1. The summed E-state index contributed by atoms with van der Waals surface area (Å²) in [5.74, 6) is 0.0199. The maximum absolute atomic E-state index is 11.6. The molecule has 0 fully saturated rings. The van der Waals surface area contributed by atoms with E-state index in [0.29, 0.717) is 26.1 Å². The van der Waals surface area contributed by atoms with Crippen LogP contribution >= 0.6 is 0 Å². The summed E-state index contributed by atoms with van der Waals surface area (Å²) in [4.78, 5) is 14.0. The quantitative estimate of drug-likeness (QED) is 0.570. The lowest BCUT2D eigenvalue weighted by Crippen LogP contribution is -2.38. The molecule has 108 valence electrons. The van der Waals surface area contributed by atoms with E-state index >= 15 is 0 Å². The summed E-state index contributed by atoms with van der Waals surface area (Å²) in [6.07, 6.45) is 1.33. The average molecular weight is 259 g/mol. The van der Waals surface area contributed by atoms with Crippen LogP contribution in [-0.2, 0) is 9.53 Å². The van der Waals surface area contributed by atoms with E-state index in [0.717, 1.165) is 26.1 Å². The fourth-order valence-electron chi connectivity index (χ4n) is 1.82. The van der Waals surface area contributed by atoms with Crippen LogP contribution in [0.2, 0.25) is 0 Å². The van der Waals surface area contributed by atoms with E-state index in [4.69, 9.17) is 10.5 Å². The Morgan fingerprint density at radius 3 is 2.56 bits per heavy atom. The highest BCUT2D eigenvalue weighted by Crippen LogP contribution is 1.96. The van der Waals surface area contributed by atoms with Crippen LogP contribution in [0.15, 0.2) is 0 Å². The van der Waals surface area contributed by atoms with Crippen LogP contribution in [0.3, 0.4) is 0 Å². The lowest BCUT2D eigenvalue weighted by atomic mass is 10.2. The second kappa shape index (κ2) is 11.4. The maximum atomic E-state index is 11.6. The van der Waals surface area contributed by atoms with Crippen molar-refractivity contribution in [3.8, 4) is 0 Å². The van der Waals surface area contributed by atoms with Gasteiger partial charge >= 0.3 is 0 Å². The van der Waals surface area contributed by atoms with Crippen molar-refractivity contribution < 1.29 is 9.53 Å². The third-order valence-electron chi connectivity index (χ3n) is 2.82. The molecule has 0 aliphatic carbocycles. The molecular formula is C13H29N3O2. The maximum Gasteiger partial charge on any atom is 0.222 e. The SMILES string of the molecule is CCCN(CC)CCNC(=O)CC(CN)OCC. The van der Waals surface area contributed by atoms with Gasteiger partial charge in [0.2, 0.25) is 5.91 Å². The Bertz CT molecular complexity index is 212. The van der Waals surface area contributed by atoms with E-state index in [2.05, 4.69) is 24.1 Å². The van der Waals surface area contributed by atoms with Crippen LogP contribution in [0.5, 0.6) is 0 Å². The molecule has 0 aromatic carbocycles. The fourth-order valence-corrected chi connectivity index (χ4v) is 1.82. The van der Waals surface area contributed by atoms with Gasteiger partial charge in [0.15, 0.2) is 0 Å². The first-order chi connectivity index (χ1) is 8.67. The number of nitrogens with two attached hydrogens (primary N) is 1. The zero-order valence-corrected chi connectivity index (χ0v) is 12.1. The molecule has 0 aromatic rings. The normalized spacial score (nSPS) is 12.7. The average Bonchev–Trinajstić information content (AvgIpc) is 2.37. The minimum absolute atomic E-state index is 0.0199. The van der Waals surface area contributed by atoms with Crippen molar-refractivity contribution in [2.45, 2.75) is 39.7 Å². The number of amides is 1. The van der Waals surface area contributed by atoms with Gasteiger partial charge in [-0.3, -0.25) is 4.79 Å². The van der Waals surface area contributed by atoms with Crippen molar-refractivity contribution in [3.63, 3.8) is 0 Å². The summed E-state index contributed by atoms with van der Waals surface area (Å²) in [5, 5.41) is 2.91. The Labute approximate surface area is 111 Å². The smallest absolute Gasteiger partial charge is 0.222 e. The van der Waals surface area contributed by atoms with Gasteiger partial charge in [0.1, 0.15) is 0 Å². The number of nitrogens with zero attached hydrogens (tertiary/aromatic N) is 1.